The number of halogens is 2. The maximum Gasteiger partial charge on any atom is 0.157 e. The largest absolute Gasteiger partial charge is 0.394 e. The highest BCUT2D eigenvalue weighted by molar-refractivity contribution is 6.42. The summed E-state index contributed by atoms with van der Waals surface area (Å²) >= 11 is 11.9. The van der Waals surface area contributed by atoms with Crippen molar-refractivity contribution >= 4 is 23.2 Å². The highest BCUT2D eigenvalue weighted by Gasteiger charge is 2.32. The average Bonchev–Trinajstić information content (AvgIpc) is 2.56. The number of aliphatic hydroxyl groups is 1. The highest BCUT2D eigenvalue weighted by atomic mass is 35.5. The fourth-order valence-corrected chi connectivity index (χ4v) is 2.77. The zero-order valence-electron chi connectivity index (χ0n) is 12.2. The molecule has 22 heavy (non-hydrogen) atoms. The first kappa shape index (κ1) is 17.5. The molecule has 2 rings (SSSR count). The molecule has 0 spiro atoms. The number of nitriles is 1. The van der Waals surface area contributed by atoms with E-state index in [0.29, 0.717) is 35.2 Å². The molecule has 4 nitrogen and oxygen atoms in total. The molecule has 0 bridgehead atoms. The third-order valence-corrected chi connectivity index (χ3v) is 4.67. The maximum atomic E-state index is 9.74. The summed E-state index contributed by atoms with van der Waals surface area (Å²) < 4.78 is 11.2. The van der Waals surface area contributed by atoms with Crippen molar-refractivity contribution in [3.63, 3.8) is 0 Å². The molecule has 0 amide bonds. The summed E-state index contributed by atoms with van der Waals surface area (Å²) in [6.45, 7) is 0.732. The quantitative estimate of drug-likeness (QED) is 0.855. The first-order valence-electron chi connectivity index (χ1n) is 7.32. The second-order valence-corrected chi connectivity index (χ2v) is 6.21. The molecule has 1 aromatic rings. The third-order valence-electron chi connectivity index (χ3n) is 3.93. The van der Waals surface area contributed by atoms with E-state index in [-0.39, 0.29) is 12.9 Å². The number of ether oxygens (including phenoxy) is 2. The van der Waals surface area contributed by atoms with Crippen LogP contribution in [0.5, 0.6) is 0 Å². The summed E-state index contributed by atoms with van der Waals surface area (Å²) in [5, 5.41) is 20.1. The Morgan fingerprint density at radius 1 is 1.36 bits per heavy atom. The van der Waals surface area contributed by atoms with Gasteiger partial charge in [0.15, 0.2) is 6.29 Å². The molecule has 6 heteroatoms. The molecule has 1 N–H and O–H groups in total. The van der Waals surface area contributed by atoms with Crippen LogP contribution in [-0.4, -0.2) is 31.2 Å². The lowest BCUT2D eigenvalue weighted by Crippen LogP contribution is -2.32. The summed E-state index contributed by atoms with van der Waals surface area (Å²) in [6.07, 6.45) is 3.16. The Morgan fingerprint density at radius 2 is 2.18 bits per heavy atom. The van der Waals surface area contributed by atoms with Crippen LogP contribution in [0, 0.1) is 11.3 Å². The molecule has 1 heterocycles. The van der Waals surface area contributed by atoms with Crippen molar-refractivity contribution < 1.29 is 14.6 Å². The van der Waals surface area contributed by atoms with Crippen LogP contribution in [0.15, 0.2) is 18.2 Å². The van der Waals surface area contributed by atoms with Crippen LogP contribution in [0.2, 0.25) is 10.0 Å². The van der Waals surface area contributed by atoms with Crippen LogP contribution in [0.4, 0.5) is 0 Å². The molecular formula is C16H19Cl2NO3. The van der Waals surface area contributed by atoms with Gasteiger partial charge in [-0.3, -0.25) is 0 Å². The van der Waals surface area contributed by atoms with Gasteiger partial charge < -0.3 is 14.6 Å². The smallest absolute Gasteiger partial charge is 0.157 e. The van der Waals surface area contributed by atoms with E-state index in [2.05, 4.69) is 6.07 Å². The number of hydrogen-bond acceptors (Lipinski definition) is 4. The topological polar surface area (TPSA) is 62.5 Å². The Labute approximate surface area is 140 Å². The fraction of sp³-hybridized carbons (Fsp3) is 0.562. The lowest BCUT2D eigenvalue weighted by Gasteiger charge is -2.27. The van der Waals surface area contributed by atoms with E-state index in [1.165, 1.54) is 0 Å². The van der Waals surface area contributed by atoms with Crippen LogP contribution in [0.3, 0.4) is 0 Å². The summed E-state index contributed by atoms with van der Waals surface area (Å²) in [7, 11) is 0. The van der Waals surface area contributed by atoms with Crippen molar-refractivity contribution in [1.82, 2.24) is 0 Å². The predicted molar refractivity (Wildman–Crippen MR) is 85.0 cm³/mol. The second kappa shape index (κ2) is 8.14. The van der Waals surface area contributed by atoms with Crippen LogP contribution in [0.1, 0.15) is 31.2 Å². The van der Waals surface area contributed by atoms with Gasteiger partial charge in [-0.05, 0) is 43.4 Å². The SMILES string of the molecule is N#CC(CO)(CCOC1CCCCO1)c1ccc(Cl)c(Cl)c1. The minimum Gasteiger partial charge on any atom is -0.394 e. The molecule has 1 aromatic carbocycles. The molecule has 0 saturated carbocycles. The Kier molecular flexibility index (Phi) is 6.49. The molecular weight excluding hydrogens is 325 g/mol. The summed E-state index contributed by atoms with van der Waals surface area (Å²) in [4.78, 5) is 0. The Morgan fingerprint density at radius 3 is 2.77 bits per heavy atom. The van der Waals surface area contributed by atoms with Gasteiger partial charge in [-0.2, -0.15) is 5.26 Å². The highest BCUT2D eigenvalue weighted by Crippen LogP contribution is 2.32. The third kappa shape index (κ3) is 4.13. The van der Waals surface area contributed by atoms with Crippen LogP contribution >= 0.6 is 23.2 Å². The van der Waals surface area contributed by atoms with Gasteiger partial charge in [0, 0.05) is 6.61 Å². The van der Waals surface area contributed by atoms with E-state index < -0.39 is 5.41 Å². The van der Waals surface area contributed by atoms with E-state index in [9.17, 15) is 10.4 Å². The fourth-order valence-electron chi connectivity index (χ4n) is 2.47. The van der Waals surface area contributed by atoms with E-state index in [4.69, 9.17) is 32.7 Å². The van der Waals surface area contributed by atoms with Gasteiger partial charge in [-0.1, -0.05) is 29.3 Å². The minimum absolute atomic E-state index is 0.211. The van der Waals surface area contributed by atoms with Crippen molar-refractivity contribution in [2.24, 2.45) is 0 Å². The van der Waals surface area contributed by atoms with Crippen molar-refractivity contribution in [3.8, 4) is 6.07 Å². The summed E-state index contributed by atoms with van der Waals surface area (Å²) in [5.74, 6) is 0. The number of aliphatic hydroxyl groups excluding tert-OH is 1. The zero-order valence-corrected chi connectivity index (χ0v) is 13.7. The number of hydrogen-bond donors (Lipinski definition) is 1. The number of rotatable bonds is 6. The van der Waals surface area contributed by atoms with Gasteiger partial charge in [0.05, 0.1) is 29.3 Å². The molecule has 1 fully saturated rings. The zero-order chi connectivity index (χ0) is 16.0. The second-order valence-electron chi connectivity index (χ2n) is 5.40. The molecule has 0 aromatic heterocycles. The van der Waals surface area contributed by atoms with Crippen molar-refractivity contribution in [1.29, 1.82) is 5.26 Å². The normalized spacial score (nSPS) is 21.1. The maximum absolute atomic E-state index is 9.74. The van der Waals surface area contributed by atoms with Crippen LogP contribution in [-0.2, 0) is 14.9 Å². The van der Waals surface area contributed by atoms with Gasteiger partial charge in [0.2, 0.25) is 0 Å². The number of benzene rings is 1. The summed E-state index contributed by atoms with van der Waals surface area (Å²) in [6, 6.07) is 7.16. The van der Waals surface area contributed by atoms with Gasteiger partial charge in [0.25, 0.3) is 0 Å². The molecule has 1 aliphatic heterocycles. The standard InChI is InChI=1S/C16H19Cl2NO3/c17-13-5-4-12(9-14(13)18)16(10-19,11-20)6-8-22-15-3-1-2-7-21-15/h4-5,9,15,20H,1-3,6-8,11H2. The molecule has 0 aliphatic carbocycles. The van der Waals surface area contributed by atoms with Crippen molar-refractivity contribution in [2.75, 3.05) is 19.8 Å². The average molecular weight is 344 g/mol. The Hall–Kier alpha value is -0.830. The number of nitrogens with zero attached hydrogens (tertiary/aromatic N) is 1. The molecule has 0 radical (unpaired) electrons. The first-order valence-corrected chi connectivity index (χ1v) is 8.08. The Bertz CT molecular complexity index is 541. The molecule has 2 unspecified atom stereocenters. The van der Waals surface area contributed by atoms with E-state index in [1.807, 2.05) is 0 Å². The lowest BCUT2D eigenvalue weighted by atomic mass is 9.80. The van der Waals surface area contributed by atoms with Crippen LogP contribution < -0.4 is 0 Å². The molecule has 1 aliphatic rings. The minimum atomic E-state index is -1.05. The molecule has 120 valence electrons. The monoisotopic (exact) mass is 343 g/mol. The molecule has 1 saturated heterocycles. The lowest BCUT2D eigenvalue weighted by molar-refractivity contribution is -0.164. The van der Waals surface area contributed by atoms with Crippen molar-refractivity contribution in [3.05, 3.63) is 33.8 Å². The van der Waals surface area contributed by atoms with Gasteiger partial charge in [-0.25, -0.2) is 0 Å². The van der Waals surface area contributed by atoms with Crippen LogP contribution in [0.25, 0.3) is 0 Å². The predicted octanol–water partition coefficient (Wildman–Crippen LogP) is 3.68. The van der Waals surface area contributed by atoms with E-state index in [0.717, 1.165) is 19.3 Å². The van der Waals surface area contributed by atoms with Gasteiger partial charge in [-0.15, -0.1) is 0 Å². The Balaban J connectivity index is 2.04. The molecule has 2 atom stereocenters. The first-order chi connectivity index (χ1) is 10.6. The van der Waals surface area contributed by atoms with Crippen molar-refractivity contribution in [2.45, 2.75) is 37.4 Å². The van der Waals surface area contributed by atoms with E-state index in [1.54, 1.807) is 18.2 Å². The van der Waals surface area contributed by atoms with Gasteiger partial charge >= 0.3 is 0 Å². The summed E-state index contributed by atoms with van der Waals surface area (Å²) in [5.41, 5.74) is -0.414. The van der Waals surface area contributed by atoms with Gasteiger partial charge in [0.1, 0.15) is 5.41 Å². The van der Waals surface area contributed by atoms with E-state index >= 15 is 0 Å².